The zero-order valence-electron chi connectivity index (χ0n) is 12.2. The number of hydrogen-bond acceptors (Lipinski definition) is 4. The zero-order chi connectivity index (χ0) is 14.7. The molecule has 1 heterocycles. The molecule has 1 spiro atoms. The first-order valence-corrected chi connectivity index (χ1v) is 7.78. The minimum Gasteiger partial charge on any atom is -0.375 e. The molecular formula is C16H22N2O3. The Morgan fingerprint density at radius 2 is 2.10 bits per heavy atom. The van der Waals surface area contributed by atoms with E-state index in [0.29, 0.717) is 12.6 Å². The zero-order valence-corrected chi connectivity index (χ0v) is 12.2. The third-order valence-corrected chi connectivity index (χ3v) is 4.78. The van der Waals surface area contributed by atoms with Gasteiger partial charge >= 0.3 is 0 Å². The van der Waals surface area contributed by atoms with Gasteiger partial charge < -0.3 is 10.1 Å². The van der Waals surface area contributed by atoms with Crippen molar-refractivity contribution in [3.63, 3.8) is 0 Å². The van der Waals surface area contributed by atoms with E-state index in [0.717, 1.165) is 37.9 Å². The summed E-state index contributed by atoms with van der Waals surface area (Å²) >= 11 is 0. The number of benzene rings is 1. The highest BCUT2D eigenvalue weighted by Crippen LogP contribution is 2.40. The van der Waals surface area contributed by atoms with Gasteiger partial charge in [-0.25, -0.2) is 0 Å². The van der Waals surface area contributed by atoms with Gasteiger partial charge in [0.05, 0.1) is 10.5 Å². The quantitative estimate of drug-likeness (QED) is 0.683. The molecule has 114 valence electrons. The van der Waals surface area contributed by atoms with Crippen molar-refractivity contribution in [3.8, 4) is 0 Å². The van der Waals surface area contributed by atoms with Gasteiger partial charge in [-0.2, -0.15) is 0 Å². The molecule has 21 heavy (non-hydrogen) atoms. The highest BCUT2D eigenvalue weighted by molar-refractivity contribution is 5.39. The molecule has 1 aromatic rings. The maximum atomic E-state index is 11.0. The maximum absolute atomic E-state index is 11.0. The number of rotatable bonds is 4. The Kier molecular flexibility index (Phi) is 4.22. The molecule has 0 radical (unpaired) electrons. The Labute approximate surface area is 124 Å². The first-order chi connectivity index (χ1) is 10.2. The highest BCUT2D eigenvalue weighted by Gasteiger charge is 2.39. The predicted molar refractivity (Wildman–Crippen MR) is 80.1 cm³/mol. The van der Waals surface area contributed by atoms with E-state index >= 15 is 0 Å². The van der Waals surface area contributed by atoms with E-state index in [1.54, 1.807) is 12.1 Å². The van der Waals surface area contributed by atoms with Gasteiger partial charge in [-0.3, -0.25) is 10.1 Å². The number of para-hydroxylation sites is 1. The molecule has 5 heteroatoms. The summed E-state index contributed by atoms with van der Waals surface area (Å²) in [6.45, 7) is 1.35. The fourth-order valence-corrected chi connectivity index (χ4v) is 3.66. The Morgan fingerprint density at radius 1 is 1.33 bits per heavy atom. The first kappa shape index (κ1) is 14.5. The molecule has 1 unspecified atom stereocenters. The van der Waals surface area contributed by atoms with Crippen molar-refractivity contribution < 1.29 is 9.66 Å². The van der Waals surface area contributed by atoms with E-state index in [2.05, 4.69) is 5.32 Å². The highest BCUT2D eigenvalue weighted by atomic mass is 16.6. The Morgan fingerprint density at radius 3 is 2.86 bits per heavy atom. The summed E-state index contributed by atoms with van der Waals surface area (Å²) in [7, 11) is 0. The van der Waals surface area contributed by atoms with Crippen molar-refractivity contribution in [2.24, 2.45) is 0 Å². The SMILES string of the molecule is O=[N+]([O-])c1ccccc1CNC1CCOC2(CCCC2)C1. The summed E-state index contributed by atoms with van der Waals surface area (Å²) in [6, 6.07) is 7.36. The van der Waals surface area contributed by atoms with Crippen molar-refractivity contribution in [3.05, 3.63) is 39.9 Å². The third kappa shape index (κ3) is 3.24. The lowest BCUT2D eigenvalue weighted by Gasteiger charge is -2.38. The maximum Gasteiger partial charge on any atom is 0.273 e. The number of hydrogen-bond donors (Lipinski definition) is 1. The van der Waals surface area contributed by atoms with Gasteiger partial charge in [0.15, 0.2) is 0 Å². The van der Waals surface area contributed by atoms with Gasteiger partial charge in [0.25, 0.3) is 5.69 Å². The normalized spacial score (nSPS) is 24.3. The third-order valence-electron chi connectivity index (χ3n) is 4.78. The lowest BCUT2D eigenvalue weighted by molar-refractivity contribution is -0.385. The predicted octanol–water partition coefficient (Wildman–Crippen LogP) is 3.18. The lowest BCUT2D eigenvalue weighted by Crippen LogP contribution is -2.45. The average molecular weight is 290 g/mol. The number of nitrogens with one attached hydrogen (secondary N) is 1. The van der Waals surface area contributed by atoms with Gasteiger partial charge in [-0.1, -0.05) is 31.0 Å². The molecule has 0 bridgehead atoms. The Hall–Kier alpha value is -1.46. The lowest BCUT2D eigenvalue weighted by atomic mass is 9.89. The minimum atomic E-state index is -0.306. The van der Waals surface area contributed by atoms with E-state index < -0.39 is 0 Å². The van der Waals surface area contributed by atoms with E-state index in [4.69, 9.17) is 4.74 Å². The van der Waals surface area contributed by atoms with Crippen molar-refractivity contribution in [1.82, 2.24) is 5.32 Å². The van der Waals surface area contributed by atoms with Crippen LogP contribution in [0, 0.1) is 10.1 Å². The molecule has 1 saturated carbocycles. The van der Waals surface area contributed by atoms with Crippen LogP contribution in [0.3, 0.4) is 0 Å². The number of nitro benzene ring substituents is 1. The van der Waals surface area contributed by atoms with E-state index in [1.165, 1.54) is 12.8 Å². The first-order valence-electron chi connectivity index (χ1n) is 7.78. The molecule has 1 aliphatic carbocycles. The van der Waals surface area contributed by atoms with E-state index in [1.807, 2.05) is 12.1 Å². The summed E-state index contributed by atoms with van der Waals surface area (Å²) in [5.74, 6) is 0. The molecule has 3 rings (SSSR count). The van der Waals surface area contributed by atoms with Gasteiger partial charge in [0.2, 0.25) is 0 Å². The largest absolute Gasteiger partial charge is 0.375 e. The van der Waals surface area contributed by atoms with E-state index in [9.17, 15) is 10.1 Å². The molecule has 1 atom stereocenters. The van der Waals surface area contributed by atoms with Crippen LogP contribution in [0.15, 0.2) is 24.3 Å². The standard InChI is InChI=1S/C16H22N2O3/c19-18(20)15-6-2-1-5-13(15)12-17-14-7-10-21-16(11-14)8-3-4-9-16/h1-2,5-6,14,17H,3-4,7-12H2. The van der Waals surface area contributed by atoms with Gasteiger partial charge in [-0.05, 0) is 25.7 Å². The Balaban J connectivity index is 1.61. The molecule has 0 amide bonds. The fourth-order valence-electron chi connectivity index (χ4n) is 3.66. The Bertz CT molecular complexity index is 512. The molecule has 1 aromatic carbocycles. The van der Waals surface area contributed by atoms with Gasteiger partial charge in [-0.15, -0.1) is 0 Å². The summed E-state index contributed by atoms with van der Waals surface area (Å²) in [4.78, 5) is 10.7. The van der Waals surface area contributed by atoms with Crippen LogP contribution in [-0.4, -0.2) is 23.2 Å². The smallest absolute Gasteiger partial charge is 0.273 e. The topological polar surface area (TPSA) is 64.4 Å². The van der Waals surface area contributed by atoms with Crippen LogP contribution in [0.5, 0.6) is 0 Å². The van der Waals surface area contributed by atoms with Crippen molar-refractivity contribution in [1.29, 1.82) is 0 Å². The minimum absolute atomic E-state index is 0.0819. The fraction of sp³-hybridized carbons (Fsp3) is 0.625. The molecule has 1 aliphatic heterocycles. The summed E-state index contributed by atoms with van der Waals surface area (Å²) in [5, 5.41) is 14.5. The molecule has 2 aliphatic rings. The van der Waals surface area contributed by atoms with Crippen molar-refractivity contribution >= 4 is 5.69 Å². The van der Waals surface area contributed by atoms with Crippen LogP contribution in [0.1, 0.15) is 44.1 Å². The number of nitro groups is 1. The van der Waals surface area contributed by atoms with Crippen LogP contribution < -0.4 is 5.32 Å². The van der Waals surface area contributed by atoms with E-state index in [-0.39, 0.29) is 16.2 Å². The number of nitrogens with zero attached hydrogens (tertiary/aromatic N) is 1. The van der Waals surface area contributed by atoms with Crippen molar-refractivity contribution in [2.75, 3.05) is 6.61 Å². The van der Waals surface area contributed by atoms with Gasteiger partial charge in [0, 0.05) is 30.8 Å². The molecule has 1 N–H and O–H groups in total. The van der Waals surface area contributed by atoms with Crippen LogP contribution in [0.4, 0.5) is 5.69 Å². The second-order valence-corrected chi connectivity index (χ2v) is 6.20. The second kappa shape index (κ2) is 6.12. The second-order valence-electron chi connectivity index (χ2n) is 6.20. The molecule has 5 nitrogen and oxygen atoms in total. The summed E-state index contributed by atoms with van der Waals surface area (Å²) in [6.07, 6.45) is 6.87. The van der Waals surface area contributed by atoms with Crippen LogP contribution in [0.2, 0.25) is 0 Å². The molecule has 2 fully saturated rings. The molecule has 0 aromatic heterocycles. The molecular weight excluding hydrogens is 268 g/mol. The van der Waals surface area contributed by atoms with Gasteiger partial charge in [0.1, 0.15) is 0 Å². The average Bonchev–Trinajstić information content (AvgIpc) is 2.93. The van der Waals surface area contributed by atoms with Crippen LogP contribution in [-0.2, 0) is 11.3 Å². The molecule has 1 saturated heterocycles. The van der Waals surface area contributed by atoms with Crippen molar-refractivity contribution in [2.45, 2.75) is 56.7 Å². The van der Waals surface area contributed by atoms with Crippen LogP contribution in [0.25, 0.3) is 0 Å². The van der Waals surface area contributed by atoms with Crippen LogP contribution >= 0.6 is 0 Å². The monoisotopic (exact) mass is 290 g/mol. The summed E-state index contributed by atoms with van der Waals surface area (Å²) < 4.78 is 6.02. The number of ether oxygens (including phenoxy) is 1. The summed E-state index contributed by atoms with van der Waals surface area (Å²) in [5.41, 5.74) is 1.04.